The van der Waals surface area contributed by atoms with Gasteiger partial charge in [-0.2, -0.15) is 5.10 Å². The predicted molar refractivity (Wildman–Crippen MR) is 147 cm³/mol. The van der Waals surface area contributed by atoms with Crippen LogP contribution in [0.2, 0.25) is 0 Å². The van der Waals surface area contributed by atoms with E-state index in [-0.39, 0.29) is 17.2 Å². The molecule has 8 heteroatoms. The van der Waals surface area contributed by atoms with Gasteiger partial charge in [-0.25, -0.2) is 4.98 Å². The summed E-state index contributed by atoms with van der Waals surface area (Å²) >= 11 is 0. The maximum atomic E-state index is 12.3. The van der Waals surface area contributed by atoms with E-state index >= 15 is 0 Å². The average Bonchev–Trinajstić information content (AvgIpc) is 3.50. The molecule has 5 rings (SSSR count). The molecule has 1 amide bonds. The van der Waals surface area contributed by atoms with E-state index in [2.05, 4.69) is 61.6 Å². The van der Waals surface area contributed by atoms with Gasteiger partial charge in [-0.05, 0) is 80.1 Å². The van der Waals surface area contributed by atoms with Gasteiger partial charge in [-0.3, -0.25) is 14.8 Å². The van der Waals surface area contributed by atoms with Crippen LogP contribution in [0.4, 0.5) is 0 Å². The number of hydrogen-bond donors (Lipinski definition) is 4. The van der Waals surface area contributed by atoms with Gasteiger partial charge in [0.15, 0.2) is 5.82 Å². The molecule has 1 aliphatic heterocycles. The van der Waals surface area contributed by atoms with Crippen LogP contribution in [0.3, 0.4) is 0 Å². The number of nitrogens with zero attached hydrogens (tertiary/aromatic N) is 3. The highest BCUT2D eigenvalue weighted by Crippen LogP contribution is 2.32. The number of nitrogens with one attached hydrogen (secondary N) is 3. The molecule has 2 aromatic carbocycles. The maximum Gasteiger partial charge on any atom is 0.234 e. The molecule has 0 saturated carbocycles. The van der Waals surface area contributed by atoms with E-state index in [0.29, 0.717) is 6.54 Å². The summed E-state index contributed by atoms with van der Waals surface area (Å²) in [6.07, 6.45) is 5.72. The quantitative estimate of drug-likeness (QED) is 0.303. The number of H-pyrrole nitrogens is 2. The summed E-state index contributed by atoms with van der Waals surface area (Å²) in [7, 11) is 0. The molecule has 0 saturated heterocycles. The number of carbonyl (C=O) groups is 1. The third-order valence-electron chi connectivity index (χ3n) is 6.66. The predicted octanol–water partition coefficient (Wildman–Crippen LogP) is 4.89. The number of aromatic hydroxyl groups is 1. The smallest absolute Gasteiger partial charge is 0.234 e. The maximum absolute atomic E-state index is 12.3. The number of aryl methyl sites for hydroxylation is 1. The van der Waals surface area contributed by atoms with Crippen molar-refractivity contribution < 1.29 is 9.90 Å². The third-order valence-corrected chi connectivity index (χ3v) is 6.66. The molecule has 0 atom stereocenters. The lowest BCUT2D eigenvalue weighted by Crippen LogP contribution is -2.46. The number of hydrogen-bond acceptors (Lipinski definition) is 5. The van der Waals surface area contributed by atoms with Gasteiger partial charge in [0.1, 0.15) is 11.4 Å². The van der Waals surface area contributed by atoms with E-state index < -0.39 is 0 Å². The fourth-order valence-corrected chi connectivity index (χ4v) is 4.89. The van der Waals surface area contributed by atoms with Gasteiger partial charge < -0.3 is 15.4 Å². The normalized spacial score (nSPS) is 14.6. The fraction of sp³-hybridized carbons (Fsp3) is 0.345. The summed E-state index contributed by atoms with van der Waals surface area (Å²) in [5.41, 5.74) is 6.96. The molecular weight excluding hydrogens is 464 g/mol. The number of phenolic OH excluding ortho intramolecular Hbond substituents is 1. The van der Waals surface area contributed by atoms with Crippen molar-refractivity contribution in [2.75, 3.05) is 19.6 Å². The number of phenols is 1. The highest BCUT2D eigenvalue weighted by Gasteiger charge is 2.20. The second-order valence-electron chi connectivity index (χ2n) is 10.7. The molecule has 37 heavy (non-hydrogen) atoms. The van der Waals surface area contributed by atoms with Crippen LogP contribution in [0, 0.1) is 0 Å². The summed E-state index contributed by atoms with van der Waals surface area (Å²) in [5.74, 6) is 1.06. The first-order valence-electron chi connectivity index (χ1n) is 12.8. The Balaban J connectivity index is 1.32. The minimum Gasteiger partial charge on any atom is -0.508 e. The van der Waals surface area contributed by atoms with Crippen molar-refractivity contribution in [2.45, 2.75) is 46.1 Å². The van der Waals surface area contributed by atoms with Crippen molar-refractivity contribution in [3.8, 4) is 28.4 Å². The van der Waals surface area contributed by atoms with Gasteiger partial charge in [-0.1, -0.05) is 25.1 Å². The third kappa shape index (κ3) is 5.44. The number of aromatic amines is 2. The molecule has 0 aliphatic carbocycles. The molecule has 4 aromatic rings. The highest BCUT2D eigenvalue weighted by molar-refractivity contribution is 5.94. The van der Waals surface area contributed by atoms with E-state index in [9.17, 15) is 9.90 Å². The summed E-state index contributed by atoms with van der Waals surface area (Å²) in [6.45, 7) is 10.0. The zero-order chi connectivity index (χ0) is 26.2. The number of aromatic nitrogens is 4. The number of benzene rings is 2. The Morgan fingerprint density at radius 1 is 1.19 bits per heavy atom. The van der Waals surface area contributed by atoms with Crippen molar-refractivity contribution in [2.24, 2.45) is 0 Å². The molecule has 0 spiro atoms. The van der Waals surface area contributed by atoms with Crippen LogP contribution in [0.1, 0.15) is 45.4 Å². The molecule has 0 radical (unpaired) electrons. The van der Waals surface area contributed by atoms with Crippen molar-refractivity contribution in [1.29, 1.82) is 0 Å². The van der Waals surface area contributed by atoms with Gasteiger partial charge in [0.05, 0.1) is 24.0 Å². The first-order valence-corrected chi connectivity index (χ1v) is 12.8. The molecule has 192 valence electrons. The first kappa shape index (κ1) is 24.8. The zero-order valence-corrected chi connectivity index (χ0v) is 21.9. The van der Waals surface area contributed by atoms with E-state index in [4.69, 9.17) is 0 Å². The minimum absolute atomic E-state index is 0.0538. The second-order valence-corrected chi connectivity index (χ2v) is 10.7. The largest absolute Gasteiger partial charge is 0.508 e. The molecule has 2 aromatic heterocycles. The van der Waals surface area contributed by atoms with E-state index in [1.807, 2.05) is 39.1 Å². The Morgan fingerprint density at radius 3 is 2.76 bits per heavy atom. The van der Waals surface area contributed by atoms with Crippen molar-refractivity contribution in [3.05, 3.63) is 59.9 Å². The summed E-state index contributed by atoms with van der Waals surface area (Å²) in [4.78, 5) is 22.5. The SMILES string of the molecule is CCc1cc(O)ccc1-c1ccc2c(-c3ncc(C4=CCN(CC(=O)NC(C)(C)C)CC4)[nH]3)n[nH]c2c1. The number of carbonyl (C=O) groups excluding carboxylic acids is 1. The van der Waals surface area contributed by atoms with Crippen molar-refractivity contribution >= 4 is 22.4 Å². The number of amides is 1. The summed E-state index contributed by atoms with van der Waals surface area (Å²) in [6, 6.07) is 11.8. The number of fused-ring (bicyclic) bond motifs is 1. The first-order chi connectivity index (χ1) is 17.7. The summed E-state index contributed by atoms with van der Waals surface area (Å²) < 4.78 is 0. The Labute approximate surface area is 216 Å². The van der Waals surface area contributed by atoms with Gasteiger partial charge >= 0.3 is 0 Å². The van der Waals surface area contributed by atoms with Crippen LogP contribution < -0.4 is 5.32 Å². The topological polar surface area (TPSA) is 110 Å². The molecule has 8 nitrogen and oxygen atoms in total. The van der Waals surface area contributed by atoms with E-state index in [1.165, 1.54) is 5.57 Å². The molecule has 0 unspecified atom stereocenters. The average molecular weight is 499 g/mol. The van der Waals surface area contributed by atoms with Crippen molar-refractivity contribution in [3.63, 3.8) is 0 Å². The van der Waals surface area contributed by atoms with Crippen LogP contribution >= 0.6 is 0 Å². The Morgan fingerprint density at radius 2 is 2.03 bits per heavy atom. The standard InChI is InChI=1S/C29H34N6O2/c1-5-18-14-21(36)7-9-22(18)20-6-8-23-24(15-20)33-34-27(23)28-30-16-25(31-28)19-10-12-35(13-11-19)17-26(37)32-29(2,3)4/h6-10,14-16,36H,5,11-13,17H2,1-4H3,(H,30,31)(H,32,37)(H,33,34). The van der Waals surface area contributed by atoms with E-state index in [1.54, 1.807) is 6.07 Å². The van der Waals surface area contributed by atoms with Crippen LogP contribution in [0.25, 0.3) is 39.1 Å². The second kappa shape index (κ2) is 9.86. The highest BCUT2D eigenvalue weighted by atomic mass is 16.3. The molecule has 0 fully saturated rings. The fourth-order valence-electron chi connectivity index (χ4n) is 4.89. The Kier molecular flexibility index (Phi) is 6.60. The summed E-state index contributed by atoms with van der Waals surface area (Å²) in [5, 5.41) is 21.6. The minimum atomic E-state index is -0.220. The van der Waals surface area contributed by atoms with E-state index in [0.717, 1.165) is 70.7 Å². The molecule has 4 N–H and O–H groups in total. The molecule has 0 bridgehead atoms. The van der Waals surface area contributed by atoms with Crippen molar-refractivity contribution in [1.82, 2.24) is 30.4 Å². The Bertz CT molecular complexity index is 1470. The molecular formula is C29H34N6O2. The number of rotatable bonds is 6. The van der Waals surface area contributed by atoms with Crippen LogP contribution in [0.5, 0.6) is 5.75 Å². The lowest BCUT2D eigenvalue weighted by molar-refractivity contribution is -0.123. The van der Waals surface area contributed by atoms with Crippen LogP contribution in [-0.2, 0) is 11.2 Å². The number of imidazole rings is 1. The monoisotopic (exact) mass is 498 g/mol. The molecule has 3 heterocycles. The van der Waals surface area contributed by atoms with Gasteiger partial charge in [0, 0.05) is 24.0 Å². The van der Waals surface area contributed by atoms with Gasteiger partial charge in [-0.15, -0.1) is 0 Å². The lowest BCUT2D eigenvalue weighted by Gasteiger charge is -2.27. The van der Waals surface area contributed by atoms with Gasteiger partial charge in [0.2, 0.25) is 5.91 Å². The van der Waals surface area contributed by atoms with Gasteiger partial charge in [0.25, 0.3) is 0 Å². The van der Waals surface area contributed by atoms with Crippen LogP contribution in [-0.4, -0.2) is 61.3 Å². The zero-order valence-electron chi connectivity index (χ0n) is 21.9. The molecule has 1 aliphatic rings. The van der Waals surface area contributed by atoms with Crippen LogP contribution in [0.15, 0.2) is 48.7 Å². The Hall–Kier alpha value is -3.91. The lowest BCUT2D eigenvalue weighted by atomic mass is 9.97.